The molecule has 1 aliphatic rings. The summed E-state index contributed by atoms with van der Waals surface area (Å²) in [6.45, 7) is 7.69. The highest BCUT2D eigenvalue weighted by atomic mass is 16.5. The molecule has 0 spiro atoms. The Hall–Kier alpha value is -2.36. The number of aromatic nitrogens is 3. The Morgan fingerprint density at radius 1 is 1.25 bits per heavy atom. The minimum Gasteiger partial charge on any atom is -0.382 e. The van der Waals surface area contributed by atoms with E-state index in [9.17, 15) is 0 Å². The van der Waals surface area contributed by atoms with Crippen LogP contribution < -0.4 is 5.73 Å². The van der Waals surface area contributed by atoms with Gasteiger partial charge in [0.2, 0.25) is 0 Å². The minimum absolute atomic E-state index is 0.358. The summed E-state index contributed by atoms with van der Waals surface area (Å²) in [4.78, 5) is 9.12. The molecule has 3 rings (SSSR count). The molecule has 0 unspecified atom stereocenters. The first kappa shape index (κ1) is 16.5. The lowest BCUT2D eigenvalue weighted by Crippen LogP contribution is -2.30. The third-order valence-corrected chi connectivity index (χ3v) is 4.10. The molecule has 6 nitrogen and oxygen atoms in total. The Kier molecular flexibility index (Phi) is 4.31. The molecule has 2 heterocycles. The number of fused-ring (bicyclic) bond motifs is 3. The van der Waals surface area contributed by atoms with E-state index in [1.807, 2.05) is 26.8 Å². The highest BCUT2D eigenvalue weighted by Gasteiger charge is 2.25. The maximum absolute atomic E-state index is 6.15. The van der Waals surface area contributed by atoms with Crippen molar-refractivity contribution in [1.29, 1.82) is 0 Å². The Bertz CT molecular complexity index is 882. The molecule has 0 radical (unpaired) electrons. The number of nitrogens with two attached hydrogens (primary N) is 1. The topological polar surface area (TPSA) is 75.2 Å². The van der Waals surface area contributed by atoms with E-state index in [1.165, 1.54) is 0 Å². The van der Waals surface area contributed by atoms with Gasteiger partial charge < -0.3 is 19.8 Å². The maximum atomic E-state index is 6.15. The van der Waals surface area contributed by atoms with Gasteiger partial charge in [-0.15, -0.1) is 0 Å². The van der Waals surface area contributed by atoms with Crippen LogP contribution >= 0.6 is 0 Å². The van der Waals surface area contributed by atoms with E-state index >= 15 is 0 Å². The fourth-order valence-electron chi connectivity index (χ4n) is 2.71. The van der Waals surface area contributed by atoms with Crippen molar-refractivity contribution >= 4 is 29.0 Å². The number of hydrogen-bond acceptors (Lipinski definition) is 5. The fraction of sp³-hybridized carbons (Fsp3) is 0.444. The number of nitrogens with zero attached hydrogens (tertiary/aromatic N) is 3. The second kappa shape index (κ2) is 6.27. The average Bonchev–Trinajstić information content (AvgIpc) is 2.92. The summed E-state index contributed by atoms with van der Waals surface area (Å²) < 4.78 is 13.3. The zero-order valence-corrected chi connectivity index (χ0v) is 14.5. The van der Waals surface area contributed by atoms with Crippen LogP contribution in [-0.4, -0.2) is 33.9 Å². The zero-order valence-electron chi connectivity index (χ0n) is 14.5. The number of anilines is 1. The predicted molar refractivity (Wildman–Crippen MR) is 94.3 cm³/mol. The SMILES string of the molecule is CCOCc1nc2c(N)nc3c(c2n1CC(C)(C)OC)C=C=C=C3. The van der Waals surface area contributed by atoms with Crippen molar-refractivity contribution in [3.8, 4) is 0 Å². The van der Waals surface area contributed by atoms with Crippen molar-refractivity contribution in [2.24, 2.45) is 0 Å². The van der Waals surface area contributed by atoms with E-state index < -0.39 is 0 Å². The van der Waals surface area contributed by atoms with E-state index in [0.717, 1.165) is 22.6 Å². The second-order valence-electron chi connectivity index (χ2n) is 6.29. The molecule has 0 saturated carbocycles. The summed E-state index contributed by atoms with van der Waals surface area (Å²) in [5, 5.41) is 0. The van der Waals surface area contributed by atoms with E-state index in [1.54, 1.807) is 13.2 Å². The number of imidazole rings is 1. The molecule has 6 heteroatoms. The van der Waals surface area contributed by atoms with Gasteiger partial charge in [0, 0.05) is 31.4 Å². The third kappa shape index (κ3) is 2.88. The molecule has 0 aliphatic heterocycles. The molecular formula is C18H22N4O2. The number of methoxy groups -OCH3 is 1. The standard InChI is InChI=1S/C18H22N4O2/c1-5-24-10-14-21-15-16(22(14)11-18(2,3)23-4)12-8-6-7-9-13(12)20-17(15)19/h8-9H,5,10-11H2,1-4H3,(H2,19,20). The Labute approximate surface area is 141 Å². The number of pyridine rings is 1. The molecule has 2 aromatic rings. The Morgan fingerprint density at radius 3 is 2.71 bits per heavy atom. The maximum Gasteiger partial charge on any atom is 0.152 e. The molecule has 0 amide bonds. The summed E-state index contributed by atoms with van der Waals surface area (Å²) in [6, 6.07) is 0. The monoisotopic (exact) mass is 326 g/mol. The summed E-state index contributed by atoms with van der Waals surface area (Å²) >= 11 is 0. The van der Waals surface area contributed by atoms with Crippen LogP contribution in [0.25, 0.3) is 23.2 Å². The molecule has 2 N–H and O–H groups in total. The normalized spacial score (nSPS) is 13.0. The highest BCUT2D eigenvalue weighted by molar-refractivity contribution is 5.95. The van der Waals surface area contributed by atoms with Gasteiger partial charge in [-0.3, -0.25) is 0 Å². The van der Waals surface area contributed by atoms with Crippen molar-refractivity contribution in [3.05, 3.63) is 28.5 Å². The van der Waals surface area contributed by atoms with E-state index in [0.29, 0.717) is 31.1 Å². The van der Waals surface area contributed by atoms with Gasteiger partial charge in [0.15, 0.2) is 5.82 Å². The van der Waals surface area contributed by atoms with Gasteiger partial charge >= 0.3 is 0 Å². The second-order valence-corrected chi connectivity index (χ2v) is 6.29. The first-order chi connectivity index (χ1) is 11.5. The van der Waals surface area contributed by atoms with Crippen molar-refractivity contribution in [1.82, 2.24) is 14.5 Å². The summed E-state index contributed by atoms with van der Waals surface area (Å²) in [6.07, 6.45) is 3.65. The quantitative estimate of drug-likeness (QED) is 0.705. The van der Waals surface area contributed by atoms with Crippen molar-refractivity contribution in [2.45, 2.75) is 39.5 Å². The smallest absolute Gasteiger partial charge is 0.152 e. The van der Waals surface area contributed by atoms with Crippen molar-refractivity contribution in [2.75, 3.05) is 19.5 Å². The molecule has 24 heavy (non-hydrogen) atoms. The molecule has 0 bridgehead atoms. The third-order valence-electron chi connectivity index (χ3n) is 4.10. The van der Waals surface area contributed by atoms with Crippen LogP contribution in [0.3, 0.4) is 0 Å². The Balaban J connectivity index is 2.26. The van der Waals surface area contributed by atoms with Gasteiger partial charge in [0.05, 0.1) is 23.4 Å². The number of nitrogen functional groups attached to an aromatic ring is 1. The molecule has 0 saturated heterocycles. The van der Waals surface area contributed by atoms with E-state index in [2.05, 4.69) is 26.0 Å². The molecule has 2 aromatic heterocycles. The molecule has 0 aromatic carbocycles. The van der Waals surface area contributed by atoms with Gasteiger partial charge in [-0.05, 0) is 20.8 Å². The first-order valence-electron chi connectivity index (χ1n) is 7.96. The molecule has 126 valence electrons. The van der Waals surface area contributed by atoms with E-state index in [-0.39, 0.29) is 5.60 Å². The minimum atomic E-state index is -0.358. The van der Waals surface area contributed by atoms with Crippen LogP contribution in [0.4, 0.5) is 5.82 Å². The largest absolute Gasteiger partial charge is 0.382 e. The van der Waals surface area contributed by atoms with Gasteiger partial charge in [0.1, 0.15) is 17.9 Å². The molecule has 1 aliphatic carbocycles. The van der Waals surface area contributed by atoms with Crippen LogP contribution in [0, 0.1) is 0 Å². The van der Waals surface area contributed by atoms with Crippen molar-refractivity contribution in [3.63, 3.8) is 0 Å². The van der Waals surface area contributed by atoms with Crippen LogP contribution in [-0.2, 0) is 22.6 Å². The van der Waals surface area contributed by atoms with Gasteiger partial charge in [-0.2, -0.15) is 0 Å². The van der Waals surface area contributed by atoms with Crippen LogP contribution in [0.1, 0.15) is 37.9 Å². The average molecular weight is 326 g/mol. The lowest BCUT2D eigenvalue weighted by molar-refractivity contribution is 0.00702. The predicted octanol–water partition coefficient (Wildman–Crippen LogP) is 2.77. The number of ether oxygens (including phenoxy) is 2. The lowest BCUT2D eigenvalue weighted by Gasteiger charge is -2.25. The molecular weight excluding hydrogens is 304 g/mol. The van der Waals surface area contributed by atoms with Gasteiger partial charge in [-0.25, -0.2) is 9.97 Å². The van der Waals surface area contributed by atoms with Crippen LogP contribution in [0.5, 0.6) is 0 Å². The molecule has 0 atom stereocenters. The van der Waals surface area contributed by atoms with Gasteiger partial charge in [-0.1, -0.05) is 11.5 Å². The summed E-state index contributed by atoms with van der Waals surface area (Å²) in [5.41, 5.74) is 15.0. The fourth-order valence-corrected chi connectivity index (χ4v) is 2.71. The lowest BCUT2D eigenvalue weighted by atomic mass is 10.1. The number of hydrogen-bond donors (Lipinski definition) is 1. The summed E-state index contributed by atoms with van der Waals surface area (Å²) in [7, 11) is 1.71. The highest BCUT2D eigenvalue weighted by Crippen LogP contribution is 2.31. The first-order valence-corrected chi connectivity index (χ1v) is 7.96. The summed E-state index contributed by atoms with van der Waals surface area (Å²) in [5.74, 6) is 1.22. The van der Waals surface area contributed by atoms with E-state index in [4.69, 9.17) is 15.2 Å². The van der Waals surface area contributed by atoms with Gasteiger partial charge in [0.25, 0.3) is 0 Å². The number of rotatable bonds is 6. The van der Waals surface area contributed by atoms with Crippen LogP contribution in [0.15, 0.2) is 11.5 Å². The molecule has 0 fully saturated rings. The Morgan fingerprint density at radius 2 is 2.00 bits per heavy atom. The van der Waals surface area contributed by atoms with Crippen LogP contribution in [0.2, 0.25) is 0 Å². The zero-order chi connectivity index (χ0) is 17.3. The van der Waals surface area contributed by atoms with Crippen molar-refractivity contribution < 1.29 is 9.47 Å².